The molecule has 7 nitrogen and oxygen atoms in total. The Kier molecular flexibility index (Phi) is 8.15. The molecule has 2 aliphatic heterocycles. The standard InChI is InChI=1S/C25H37NO6S/c1-13-7-8-18-20(31-18)10-19(14(2)9-17-12-33-16(4)26-17)32-22(28)11-21(27)25(5,6)24(30)15(3)23(13)29/h9,12-13,15,18-21,23,27,29H,7-8,10-11H2,1-6H3/b14-9+/t13-,15+,18-,19+,20+,21-,23+/m0/s1. The zero-order valence-corrected chi connectivity index (χ0v) is 21.2. The van der Waals surface area contributed by atoms with E-state index in [9.17, 15) is 19.8 Å². The lowest BCUT2D eigenvalue weighted by atomic mass is 9.73. The number of ether oxygens (including phenoxy) is 2. The number of hydrogen-bond acceptors (Lipinski definition) is 8. The minimum Gasteiger partial charge on any atom is -0.458 e. The number of fused-ring (bicyclic) bond motifs is 1. The summed E-state index contributed by atoms with van der Waals surface area (Å²) in [5.41, 5.74) is 0.483. The number of hydrogen-bond donors (Lipinski definition) is 2. The number of ketones is 1. The van der Waals surface area contributed by atoms with Gasteiger partial charge >= 0.3 is 5.97 Å². The van der Waals surface area contributed by atoms with Crippen molar-refractivity contribution >= 4 is 29.2 Å². The smallest absolute Gasteiger partial charge is 0.309 e. The van der Waals surface area contributed by atoms with Crippen molar-refractivity contribution in [2.45, 2.75) is 97.7 Å². The molecule has 1 aromatic rings. The first-order chi connectivity index (χ1) is 15.4. The van der Waals surface area contributed by atoms with Gasteiger partial charge in [0, 0.05) is 17.7 Å². The summed E-state index contributed by atoms with van der Waals surface area (Å²) in [6, 6.07) is 0. The van der Waals surface area contributed by atoms with Crippen molar-refractivity contribution in [1.29, 1.82) is 0 Å². The molecule has 0 aliphatic carbocycles. The molecule has 8 heteroatoms. The summed E-state index contributed by atoms with van der Waals surface area (Å²) in [4.78, 5) is 30.4. The first-order valence-electron chi connectivity index (χ1n) is 11.8. The average molecular weight is 480 g/mol. The molecule has 2 saturated heterocycles. The number of epoxide rings is 1. The van der Waals surface area contributed by atoms with Crippen LogP contribution in [0.25, 0.3) is 6.08 Å². The Morgan fingerprint density at radius 3 is 2.55 bits per heavy atom. The molecule has 0 unspecified atom stereocenters. The van der Waals surface area contributed by atoms with E-state index in [1.54, 1.807) is 32.1 Å². The van der Waals surface area contributed by atoms with Crippen LogP contribution in [-0.4, -0.2) is 57.5 Å². The second-order valence-electron chi connectivity index (χ2n) is 10.2. The van der Waals surface area contributed by atoms with Crippen LogP contribution in [0.5, 0.6) is 0 Å². The lowest BCUT2D eigenvalue weighted by Gasteiger charge is -2.34. The number of carbonyl (C=O) groups is 2. The number of Topliss-reactive ketones (excluding diaryl/α,β-unsaturated/α-hetero) is 1. The molecular weight excluding hydrogens is 442 g/mol. The molecule has 3 rings (SSSR count). The number of cyclic esters (lactones) is 1. The fourth-order valence-corrected chi connectivity index (χ4v) is 5.14. The molecule has 2 aliphatic rings. The number of aryl methyl sites for hydroxylation is 1. The molecule has 1 aromatic heterocycles. The topological polar surface area (TPSA) is 109 Å². The van der Waals surface area contributed by atoms with Gasteiger partial charge in [-0.05, 0) is 44.3 Å². The van der Waals surface area contributed by atoms with Crippen LogP contribution >= 0.6 is 11.3 Å². The van der Waals surface area contributed by atoms with Crippen molar-refractivity contribution in [2.75, 3.05) is 0 Å². The highest BCUT2D eigenvalue weighted by Gasteiger charge is 2.45. The molecule has 0 aromatic carbocycles. The summed E-state index contributed by atoms with van der Waals surface area (Å²) in [5, 5.41) is 24.5. The van der Waals surface area contributed by atoms with Crippen LogP contribution in [0.3, 0.4) is 0 Å². The van der Waals surface area contributed by atoms with E-state index in [1.807, 2.05) is 32.2 Å². The van der Waals surface area contributed by atoms with Crippen molar-refractivity contribution in [2.24, 2.45) is 17.3 Å². The van der Waals surface area contributed by atoms with Gasteiger partial charge in [-0.2, -0.15) is 0 Å². The van der Waals surface area contributed by atoms with Gasteiger partial charge in [-0.3, -0.25) is 9.59 Å². The molecule has 184 valence electrons. The monoisotopic (exact) mass is 479 g/mol. The predicted molar refractivity (Wildman–Crippen MR) is 127 cm³/mol. The molecule has 33 heavy (non-hydrogen) atoms. The zero-order chi connectivity index (χ0) is 24.5. The molecular formula is C25H37NO6S. The number of carbonyl (C=O) groups excluding carboxylic acids is 2. The number of thiazole rings is 1. The zero-order valence-electron chi connectivity index (χ0n) is 20.4. The number of esters is 1. The Morgan fingerprint density at radius 1 is 1.21 bits per heavy atom. The van der Waals surface area contributed by atoms with E-state index < -0.39 is 35.6 Å². The number of aliphatic hydroxyl groups excluding tert-OH is 2. The fourth-order valence-electron chi connectivity index (χ4n) is 4.57. The van der Waals surface area contributed by atoms with Crippen molar-refractivity contribution in [3.63, 3.8) is 0 Å². The van der Waals surface area contributed by atoms with Crippen molar-refractivity contribution in [1.82, 2.24) is 4.98 Å². The molecule has 0 spiro atoms. The number of aromatic nitrogens is 1. The Hall–Kier alpha value is -1.61. The number of rotatable bonds is 2. The second kappa shape index (κ2) is 10.3. The van der Waals surface area contributed by atoms with E-state index in [0.29, 0.717) is 6.42 Å². The Morgan fingerprint density at radius 2 is 1.91 bits per heavy atom. The van der Waals surface area contributed by atoms with Crippen molar-refractivity contribution < 1.29 is 29.3 Å². The van der Waals surface area contributed by atoms with Gasteiger partial charge in [0.1, 0.15) is 11.9 Å². The Balaban J connectivity index is 1.84. The van der Waals surface area contributed by atoms with E-state index in [4.69, 9.17) is 9.47 Å². The molecule has 0 bridgehead atoms. The van der Waals surface area contributed by atoms with Gasteiger partial charge < -0.3 is 19.7 Å². The third-order valence-corrected chi connectivity index (χ3v) is 7.96. The normalized spacial score (nSPS) is 36.4. The SMILES string of the molecule is C/C(=C\c1csc(C)n1)[C@H]1C[C@H]2O[C@H]2CC[C@H](C)[C@@H](O)[C@@H](C)C(=O)C(C)(C)[C@@H](O)CC(=O)O1. The molecule has 0 amide bonds. The summed E-state index contributed by atoms with van der Waals surface area (Å²) < 4.78 is 11.6. The van der Waals surface area contributed by atoms with E-state index in [-0.39, 0.29) is 30.3 Å². The van der Waals surface area contributed by atoms with Crippen LogP contribution in [0.4, 0.5) is 0 Å². The predicted octanol–water partition coefficient (Wildman–Crippen LogP) is 3.70. The third-order valence-electron chi connectivity index (χ3n) is 7.17. The molecule has 7 atom stereocenters. The van der Waals surface area contributed by atoms with Crippen LogP contribution in [0.1, 0.15) is 71.0 Å². The lowest BCUT2D eigenvalue weighted by Crippen LogP contribution is -2.45. The Bertz CT molecular complexity index is 893. The summed E-state index contributed by atoms with van der Waals surface area (Å²) in [6.45, 7) is 10.7. The first-order valence-corrected chi connectivity index (χ1v) is 12.6. The lowest BCUT2D eigenvalue weighted by molar-refractivity contribution is -0.154. The van der Waals surface area contributed by atoms with E-state index in [0.717, 1.165) is 29.1 Å². The summed E-state index contributed by atoms with van der Waals surface area (Å²) in [7, 11) is 0. The van der Waals surface area contributed by atoms with Gasteiger partial charge in [-0.1, -0.05) is 27.7 Å². The molecule has 2 fully saturated rings. The molecule has 0 saturated carbocycles. The largest absolute Gasteiger partial charge is 0.458 e. The Labute approximate surface area is 200 Å². The highest BCUT2D eigenvalue weighted by atomic mass is 32.1. The van der Waals surface area contributed by atoms with Gasteiger partial charge in [0.2, 0.25) is 0 Å². The van der Waals surface area contributed by atoms with Gasteiger partial charge in [-0.15, -0.1) is 11.3 Å². The number of aliphatic hydroxyl groups is 2. The van der Waals surface area contributed by atoms with Crippen molar-refractivity contribution in [3.8, 4) is 0 Å². The van der Waals surface area contributed by atoms with Crippen LogP contribution < -0.4 is 0 Å². The van der Waals surface area contributed by atoms with Crippen LogP contribution in [0.2, 0.25) is 0 Å². The van der Waals surface area contributed by atoms with E-state index in [2.05, 4.69) is 4.98 Å². The maximum Gasteiger partial charge on any atom is 0.309 e. The fraction of sp³-hybridized carbons (Fsp3) is 0.720. The summed E-state index contributed by atoms with van der Waals surface area (Å²) >= 11 is 1.55. The quantitative estimate of drug-likeness (QED) is 0.492. The minimum atomic E-state index is -1.22. The van der Waals surface area contributed by atoms with Gasteiger partial charge in [-0.25, -0.2) is 4.98 Å². The molecule has 2 N–H and O–H groups in total. The summed E-state index contributed by atoms with van der Waals surface area (Å²) in [5.74, 6) is -1.57. The third kappa shape index (κ3) is 6.29. The van der Waals surface area contributed by atoms with Gasteiger partial charge in [0.25, 0.3) is 0 Å². The van der Waals surface area contributed by atoms with Crippen LogP contribution in [0, 0.1) is 24.2 Å². The van der Waals surface area contributed by atoms with Gasteiger partial charge in [0.15, 0.2) is 0 Å². The van der Waals surface area contributed by atoms with Crippen molar-refractivity contribution in [3.05, 3.63) is 21.7 Å². The van der Waals surface area contributed by atoms with Gasteiger partial charge in [0.05, 0.1) is 47.0 Å². The highest BCUT2D eigenvalue weighted by molar-refractivity contribution is 7.09. The first kappa shape index (κ1) is 26.0. The maximum absolute atomic E-state index is 13.1. The van der Waals surface area contributed by atoms with Crippen LogP contribution in [-0.2, 0) is 19.1 Å². The van der Waals surface area contributed by atoms with E-state index >= 15 is 0 Å². The average Bonchev–Trinajstić information content (AvgIpc) is 3.37. The summed E-state index contributed by atoms with van der Waals surface area (Å²) in [6.07, 6.45) is 1.10. The minimum absolute atomic E-state index is 0.0294. The highest BCUT2D eigenvalue weighted by Crippen LogP contribution is 2.37. The number of nitrogens with zero attached hydrogens (tertiary/aromatic N) is 1. The maximum atomic E-state index is 13.1. The van der Waals surface area contributed by atoms with Crippen LogP contribution in [0.15, 0.2) is 11.0 Å². The molecule has 3 heterocycles. The molecule has 0 radical (unpaired) electrons. The van der Waals surface area contributed by atoms with E-state index in [1.165, 1.54) is 0 Å². The second-order valence-corrected chi connectivity index (χ2v) is 11.3.